The maximum Gasteiger partial charge on any atom is 0.217 e. The summed E-state index contributed by atoms with van der Waals surface area (Å²) in [5.41, 5.74) is 0. The summed E-state index contributed by atoms with van der Waals surface area (Å²) in [6.45, 7) is 0.838. The number of fused-ring (bicyclic) bond motifs is 3. The molecule has 27 nitrogen and oxygen atoms in total. The first-order valence-electron chi connectivity index (χ1n) is 20.4. The molecule has 0 aromatic heterocycles. The van der Waals surface area contributed by atoms with Crippen LogP contribution in [0.2, 0.25) is 0 Å². The van der Waals surface area contributed by atoms with E-state index in [-0.39, 0.29) is 0 Å². The van der Waals surface area contributed by atoms with Crippen molar-refractivity contribution in [3.8, 4) is 0 Å². The van der Waals surface area contributed by atoms with Crippen LogP contribution in [0.15, 0.2) is 0 Å². The van der Waals surface area contributed by atoms with Crippen molar-refractivity contribution in [3.05, 3.63) is 0 Å². The highest BCUT2D eigenvalue weighted by atomic mass is 16.8. The molecule has 0 spiro atoms. The number of carbonyl (C=O) groups is 3. The van der Waals surface area contributed by atoms with E-state index in [0.29, 0.717) is 0 Å². The molecule has 9 rings (SSSR count). The van der Waals surface area contributed by atoms with Gasteiger partial charge in [0.15, 0.2) is 31.5 Å². The molecule has 0 aromatic carbocycles. The molecule has 0 saturated carbocycles. The normalized spacial score (nSPS) is 49.5. The summed E-state index contributed by atoms with van der Waals surface area (Å²) in [6.07, 6.45) is -39.1. The number of rotatable bonds is 7. The maximum absolute atomic E-state index is 12.7. The lowest BCUT2D eigenvalue weighted by molar-refractivity contribution is -0.376. The second kappa shape index (κ2) is 21.0. The molecule has 0 radical (unpaired) electrons. The number of aliphatic hydroxyl groups excluding tert-OH is 11. The summed E-state index contributed by atoms with van der Waals surface area (Å²) in [6, 6.07) is -4.89. The Hall–Kier alpha value is -2.43. The number of aliphatic hydroxyl groups is 11. The quantitative estimate of drug-likeness (QED) is 0.113. The molecule has 25 atom stereocenters. The molecule has 27 heteroatoms. The lowest BCUT2D eigenvalue weighted by atomic mass is 9.93. The largest absolute Gasteiger partial charge is 0.394 e. The van der Waals surface area contributed by atoms with Gasteiger partial charge in [0.2, 0.25) is 17.7 Å². The minimum absolute atomic E-state index is 0.749. The SMILES string of the molecule is CC(=O)N[C@H]1[C@@H]2O[C@@H]3[C@@H](O)[C@H](C)O[C@@H](O[C@H]4[C@H](O)[C@@H](NC(C)=O)[C@@H](O[C@@H]5[C@H](O)[C@@H](O)[C@H](O[C@H]6[C@@H](O)[C@@H](CO)O[C@H](O[C@H]([C@@H]1O)[C@@H](CO)O2)[C@@H]6NC(C)=O)O[C@@H]5CO)O[C@@H]4CO)[C@@H]3O. The van der Waals surface area contributed by atoms with Crippen molar-refractivity contribution in [2.24, 2.45) is 0 Å². The summed E-state index contributed by atoms with van der Waals surface area (Å²) < 4.78 is 59.5. The van der Waals surface area contributed by atoms with Crippen LogP contribution in [0.25, 0.3) is 0 Å². The van der Waals surface area contributed by atoms with Gasteiger partial charge in [0.05, 0.1) is 32.5 Å². The van der Waals surface area contributed by atoms with Crippen molar-refractivity contribution in [2.75, 3.05) is 26.4 Å². The summed E-state index contributed by atoms with van der Waals surface area (Å²) in [5, 5.41) is 130. The highest BCUT2D eigenvalue weighted by Gasteiger charge is 2.58. The minimum atomic E-state index is -2.12. The molecule has 14 N–H and O–H groups in total. The van der Waals surface area contributed by atoms with Crippen LogP contribution in [0.5, 0.6) is 0 Å². The summed E-state index contributed by atoms with van der Waals surface area (Å²) in [7, 11) is 0. The molecule has 362 valence electrons. The van der Waals surface area contributed by atoms with Gasteiger partial charge in [0.1, 0.15) is 116 Å². The van der Waals surface area contributed by atoms with E-state index in [2.05, 4.69) is 16.0 Å². The molecule has 0 aromatic rings. The maximum atomic E-state index is 12.7. The third kappa shape index (κ3) is 10.4. The average Bonchev–Trinajstić information content (AvgIpc) is 3.23. The van der Waals surface area contributed by atoms with E-state index < -0.39 is 197 Å². The molecule has 9 aliphatic heterocycles. The predicted molar refractivity (Wildman–Crippen MR) is 197 cm³/mol. The van der Waals surface area contributed by atoms with E-state index in [0.717, 1.165) is 20.8 Å². The Balaban J connectivity index is 1.46. The number of amides is 3. The van der Waals surface area contributed by atoms with Crippen molar-refractivity contribution < 1.29 is 118 Å². The first-order valence-corrected chi connectivity index (χ1v) is 20.4. The van der Waals surface area contributed by atoms with Gasteiger partial charge in [-0.3, -0.25) is 14.4 Å². The summed E-state index contributed by atoms with van der Waals surface area (Å²) in [4.78, 5) is 37.7. The molecular formula is C36H59N3O24. The molecule has 10 bridgehead atoms. The van der Waals surface area contributed by atoms with Gasteiger partial charge in [-0.05, 0) is 6.92 Å². The van der Waals surface area contributed by atoms with Gasteiger partial charge in [-0.2, -0.15) is 0 Å². The highest BCUT2D eigenvalue weighted by molar-refractivity contribution is 5.74. The first-order chi connectivity index (χ1) is 29.8. The van der Waals surface area contributed by atoms with Crippen LogP contribution in [0.1, 0.15) is 27.7 Å². The molecule has 9 saturated heterocycles. The fourth-order valence-corrected chi connectivity index (χ4v) is 8.59. The fourth-order valence-electron chi connectivity index (χ4n) is 8.59. The zero-order valence-corrected chi connectivity index (χ0v) is 34.5. The van der Waals surface area contributed by atoms with E-state index in [1.807, 2.05) is 0 Å². The van der Waals surface area contributed by atoms with Gasteiger partial charge in [0.25, 0.3) is 0 Å². The third-order valence-corrected chi connectivity index (χ3v) is 11.7. The summed E-state index contributed by atoms with van der Waals surface area (Å²) >= 11 is 0. The van der Waals surface area contributed by atoms with E-state index in [1.165, 1.54) is 6.92 Å². The number of carbonyl (C=O) groups excluding carboxylic acids is 3. The number of hydrogen-bond acceptors (Lipinski definition) is 24. The van der Waals surface area contributed by atoms with Gasteiger partial charge in [-0.15, -0.1) is 0 Å². The van der Waals surface area contributed by atoms with Crippen LogP contribution in [-0.2, 0) is 61.8 Å². The monoisotopic (exact) mass is 917 g/mol. The lowest BCUT2D eigenvalue weighted by Crippen LogP contribution is -2.71. The highest BCUT2D eigenvalue weighted by Crippen LogP contribution is 2.37. The Morgan fingerprint density at radius 2 is 0.714 bits per heavy atom. The van der Waals surface area contributed by atoms with Gasteiger partial charge < -0.3 is 119 Å². The molecule has 3 amide bonds. The van der Waals surface area contributed by atoms with Crippen molar-refractivity contribution in [1.29, 1.82) is 0 Å². The van der Waals surface area contributed by atoms with Crippen molar-refractivity contribution in [3.63, 3.8) is 0 Å². The molecule has 63 heavy (non-hydrogen) atoms. The van der Waals surface area contributed by atoms with Gasteiger partial charge in [-0.1, -0.05) is 0 Å². The Labute approximate surface area is 358 Å². The third-order valence-electron chi connectivity index (χ3n) is 11.7. The topological polar surface area (TPSA) is 402 Å². The number of hydrogen-bond donors (Lipinski definition) is 14. The second-order valence-electron chi connectivity index (χ2n) is 16.2. The zero-order chi connectivity index (χ0) is 46.2. The molecule has 0 aliphatic carbocycles. The molecule has 9 heterocycles. The van der Waals surface area contributed by atoms with Gasteiger partial charge in [0, 0.05) is 20.8 Å². The number of nitrogens with one attached hydrogen (secondary N) is 3. The average molecular weight is 918 g/mol. The Morgan fingerprint density at radius 3 is 1.17 bits per heavy atom. The number of ether oxygens (including phenoxy) is 10. The van der Waals surface area contributed by atoms with Crippen LogP contribution in [0.4, 0.5) is 0 Å². The first kappa shape index (κ1) is 50.0. The van der Waals surface area contributed by atoms with Crippen LogP contribution >= 0.6 is 0 Å². The fraction of sp³-hybridized carbons (Fsp3) is 0.917. The molecule has 0 unspecified atom stereocenters. The Morgan fingerprint density at radius 1 is 0.365 bits per heavy atom. The van der Waals surface area contributed by atoms with E-state index in [9.17, 15) is 70.6 Å². The van der Waals surface area contributed by atoms with Crippen molar-refractivity contribution >= 4 is 17.7 Å². The molecule has 9 fully saturated rings. The van der Waals surface area contributed by atoms with E-state index >= 15 is 0 Å². The predicted octanol–water partition coefficient (Wildman–Crippen LogP) is -9.42. The second-order valence-corrected chi connectivity index (χ2v) is 16.2. The molecular weight excluding hydrogens is 858 g/mol. The van der Waals surface area contributed by atoms with Gasteiger partial charge in [-0.25, -0.2) is 0 Å². The standard InChI is InChI=1S/C36H59N3O24/c1-9-20(47)31-26(53)36(54-9)61-28-15(7-42)56-32(17(23(28)50)37-10(2)44)60-29-16(8-43)58-35(25(52)24(29)51)62-30-19(39-12(4)46)34(55-13(5-40)21(30)48)59-27-14(6-41)57-33(63-31)18(22(27)49)38-11(3)45/h9,13-36,40-43,47-53H,5-8H2,1-4H3,(H,37,44)(H,38,45)(H,39,46)/t9-,13+,14+,15+,16+,17+,18+,19+,20-,21-,22+,23+,24+,25+,26+,27-,28+,29-,30+,31+,32+,33-,34+,35-,36-/m0/s1. The van der Waals surface area contributed by atoms with Crippen molar-refractivity contribution in [2.45, 2.75) is 181 Å². The smallest absolute Gasteiger partial charge is 0.217 e. The van der Waals surface area contributed by atoms with E-state index in [4.69, 9.17) is 47.4 Å². The minimum Gasteiger partial charge on any atom is -0.394 e. The lowest BCUT2D eigenvalue weighted by Gasteiger charge is -2.50. The Kier molecular flexibility index (Phi) is 16.7. The molecule has 9 aliphatic rings. The Bertz CT molecular complexity index is 1550. The van der Waals surface area contributed by atoms with Gasteiger partial charge >= 0.3 is 0 Å². The van der Waals surface area contributed by atoms with Crippen molar-refractivity contribution in [1.82, 2.24) is 16.0 Å². The summed E-state index contributed by atoms with van der Waals surface area (Å²) in [5.74, 6) is -2.28. The van der Waals surface area contributed by atoms with Crippen LogP contribution in [0, 0.1) is 0 Å². The van der Waals surface area contributed by atoms with Crippen LogP contribution in [-0.4, -0.2) is 254 Å². The van der Waals surface area contributed by atoms with E-state index in [1.54, 1.807) is 0 Å². The zero-order valence-electron chi connectivity index (χ0n) is 34.5. The van der Waals surface area contributed by atoms with Crippen LogP contribution in [0.3, 0.4) is 0 Å². The van der Waals surface area contributed by atoms with Crippen LogP contribution < -0.4 is 16.0 Å².